The van der Waals surface area contributed by atoms with Gasteiger partial charge in [0.2, 0.25) is 0 Å². The fourth-order valence-electron chi connectivity index (χ4n) is 1.34. The molecular formula is C12H16O2S. The normalized spacial score (nSPS) is 14.6. The van der Waals surface area contributed by atoms with Crippen molar-refractivity contribution in [1.82, 2.24) is 0 Å². The maximum Gasteiger partial charge on any atom is 0.194 e. The first-order valence-electron chi connectivity index (χ1n) is 5.06. The molecule has 2 nitrogen and oxygen atoms in total. The van der Waals surface area contributed by atoms with Crippen LogP contribution in [0.2, 0.25) is 0 Å². The van der Waals surface area contributed by atoms with Crippen LogP contribution in [-0.2, 0) is 4.79 Å². The third-order valence-corrected chi connectivity index (χ3v) is 3.22. The number of carbonyl (C=O) groups excluding carboxylic acids is 1. The Labute approximate surface area is 94.7 Å². The molecule has 1 N–H and O–H groups in total. The minimum atomic E-state index is -0.697. The van der Waals surface area contributed by atoms with Crippen molar-refractivity contribution in [2.75, 3.05) is 5.75 Å². The summed E-state index contributed by atoms with van der Waals surface area (Å²) in [5, 5.41) is 10.0. The fraction of sp³-hybridized carbons (Fsp3) is 0.417. The highest BCUT2D eigenvalue weighted by molar-refractivity contribution is 8.13. The molecule has 0 bridgehead atoms. The SMILES string of the molecule is CCSC(=O)[C@@H](C)[C@H](O)c1ccccc1. The number of hydrogen-bond donors (Lipinski definition) is 1. The summed E-state index contributed by atoms with van der Waals surface area (Å²) in [4.78, 5) is 11.6. The van der Waals surface area contributed by atoms with Gasteiger partial charge in [-0.15, -0.1) is 0 Å². The van der Waals surface area contributed by atoms with Crippen molar-refractivity contribution < 1.29 is 9.90 Å². The smallest absolute Gasteiger partial charge is 0.194 e. The van der Waals surface area contributed by atoms with Crippen molar-refractivity contribution >= 4 is 16.9 Å². The van der Waals surface area contributed by atoms with Crippen LogP contribution < -0.4 is 0 Å². The van der Waals surface area contributed by atoms with E-state index < -0.39 is 6.10 Å². The van der Waals surface area contributed by atoms with Crippen molar-refractivity contribution in [3.05, 3.63) is 35.9 Å². The van der Waals surface area contributed by atoms with E-state index >= 15 is 0 Å². The molecule has 0 saturated heterocycles. The minimum absolute atomic E-state index is 0.0499. The number of aliphatic hydroxyl groups is 1. The van der Waals surface area contributed by atoms with Gasteiger partial charge in [0, 0.05) is 0 Å². The highest BCUT2D eigenvalue weighted by atomic mass is 32.2. The van der Waals surface area contributed by atoms with Gasteiger partial charge >= 0.3 is 0 Å². The van der Waals surface area contributed by atoms with Gasteiger partial charge < -0.3 is 5.11 Å². The quantitative estimate of drug-likeness (QED) is 0.854. The minimum Gasteiger partial charge on any atom is -0.388 e. The molecule has 1 aromatic rings. The molecule has 0 fully saturated rings. The predicted molar refractivity (Wildman–Crippen MR) is 63.7 cm³/mol. The molecule has 0 saturated carbocycles. The molecule has 15 heavy (non-hydrogen) atoms. The molecule has 0 aliphatic rings. The Bertz CT molecular complexity index is 311. The average molecular weight is 224 g/mol. The Hall–Kier alpha value is -0.800. The van der Waals surface area contributed by atoms with Crippen molar-refractivity contribution in [3.8, 4) is 0 Å². The zero-order valence-corrected chi connectivity index (χ0v) is 9.83. The van der Waals surface area contributed by atoms with Gasteiger partial charge in [0.05, 0.1) is 12.0 Å². The summed E-state index contributed by atoms with van der Waals surface area (Å²) < 4.78 is 0. The topological polar surface area (TPSA) is 37.3 Å². The van der Waals surface area contributed by atoms with E-state index in [0.717, 1.165) is 11.3 Å². The molecule has 2 atom stereocenters. The standard InChI is InChI=1S/C12H16O2S/c1-3-15-12(14)9(2)11(13)10-7-5-4-6-8-10/h4-9,11,13H,3H2,1-2H3/t9-,11-/m0/s1. The lowest BCUT2D eigenvalue weighted by molar-refractivity contribution is -0.117. The number of carbonyl (C=O) groups is 1. The van der Waals surface area contributed by atoms with Gasteiger partial charge in [0.1, 0.15) is 0 Å². The Kier molecular flexibility index (Phi) is 4.85. The molecule has 82 valence electrons. The van der Waals surface area contributed by atoms with E-state index in [1.807, 2.05) is 37.3 Å². The van der Waals surface area contributed by atoms with Gasteiger partial charge in [-0.1, -0.05) is 55.9 Å². The van der Waals surface area contributed by atoms with Gasteiger partial charge in [0.25, 0.3) is 0 Å². The molecule has 0 aromatic heterocycles. The molecule has 0 spiro atoms. The summed E-state index contributed by atoms with van der Waals surface area (Å²) in [6, 6.07) is 9.30. The third-order valence-electron chi connectivity index (χ3n) is 2.27. The van der Waals surface area contributed by atoms with Crippen molar-refractivity contribution in [1.29, 1.82) is 0 Å². The second kappa shape index (κ2) is 5.93. The number of rotatable bonds is 4. The molecule has 0 amide bonds. The Balaban J connectivity index is 2.68. The summed E-state index contributed by atoms with van der Waals surface area (Å²) in [5.41, 5.74) is 0.801. The van der Waals surface area contributed by atoms with E-state index in [1.54, 1.807) is 6.92 Å². The first kappa shape index (κ1) is 12.3. The zero-order chi connectivity index (χ0) is 11.3. The van der Waals surface area contributed by atoms with Crippen molar-refractivity contribution in [2.24, 2.45) is 5.92 Å². The van der Waals surface area contributed by atoms with Gasteiger partial charge in [-0.05, 0) is 11.3 Å². The molecule has 0 unspecified atom stereocenters. The van der Waals surface area contributed by atoms with E-state index in [0.29, 0.717) is 0 Å². The number of aliphatic hydroxyl groups excluding tert-OH is 1. The van der Waals surface area contributed by atoms with E-state index in [-0.39, 0.29) is 11.0 Å². The summed E-state index contributed by atoms with van der Waals surface area (Å²) in [6.07, 6.45) is -0.697. The molecular weight excluding hydrogens is 208 g/mol. The van der Waals surface area contributed by atoms with Crippen LogP contribution in [0.4, 0.5) is 0 Å². The maximum atomic E-state index is 11.6. The second-order valence-electron chi connectivity index (χ2n) is 3.40. The van der Waals surface area contributed by atoms with E-state index in [1.165, 1.54) is 11.8 Å². The van der Waals surface area contributed by atoms with Crippen LogP contribution in [0.25, 0.3) is 0 Å². The van der Waals surface area contributed by atoms with Crippen LogP contribution >= 0.6 is 11.8 Å². The summed E-state index contributed by atoms with van der Waals surface area (Å²) in [7, 11) is 0. The monoisotopic (exact) mass is 224 g/mol. The molecule has 0 aliphatic heterocycles. The van der Waals surface area contributed by atoms with Gasteiger partial charge in [-0.3, -0.25) is 4.79 Å². The first-order chi connectivity index (χ1) is 7.16. The third kappa shape index (κ3) is 3.36. The maximum absolute atomic E-state index is 11.6. The van der Waals surface area contributed by atoms with E-state index in [2.05, 4.69) is 0 Å². The Morgan fingerprint density at radius 1 is 1.40 bits per heavy atom. The van der Waals surface area contributed by atoms with Crippen molar-refractivity contribution in [3.63, 3.8) is 0 Å². The lowest BCUT2D eigenvalue weighted by atomic mass is 9.99. The van der Waals surface area contributed by atoms with Gasteiger partial charge in [-0.25, -0.2) is 0 Å². The molecule has 0 radical (unpaired) electrons. The molecule has 1 rings (SSSR count). The predicted octanol–water partition coefficient (Wildman–Crippen LogP) is 2.64. The number of benzene rings is 1. The van der Waals surface area contributed by atoms with Gasteiger partial charge in [-0.2, -0.15) is 0 Å². The largest absolute Gasteiger partial charge is 0.388 e. The molecule has 0 aliphatic carbocycles. The highest BCUT2D eigenvalue weighted by Crippen LogP contribution is 2.25. The Morgan fingerprint density at radius 3 is 2.53 bits per heavy atom. The van der Waals surface area contributed by atoms with Gasteiger partial charge in [0.15, 0.2) is 5.12 Å². The van der Waals surface area contributed by atoms with Crippen LogP contribution in [0.15, 0.2) is 30.3 Å². The Morgan fingerprint density at radius 2 is 2.00 bits per heavy atom. The lowest BCUT2D eigenvalue weighted by Crippen LogP contribution is -2.16. The first-order valence-corrected chi connectivity index (χ1v) is 6.05. The average Bonchev–Trinajstić information content (AvgIpc) is 2.28. The van der Waals surface area contributed by atoms with Crippen LogP contribution in [0.3, 0.4) is 0 Å². The van der Waals surface area contributed by atoms with Crippen LogP contribution in [0.5, 0.6) is 0 Å². The molecule has 1 aromatic carbocycles. The second-order valence-corrected chi connectivity index (χ2v) is 4.66. The summed E-state index contributed by atoms with van der Waals surface area (Å²) >= 11 is 1.26. The molecule has 3 heteroatoms. The lowest BCUT2D eigenvalue weighted by Gasteiger charge is -2.17. The summed E-state index contributed by atoms with van der Waals surface area (Å²) in [5.74, 6) is 0.405. The van der Waals surface area contributed by atoms with E-state index in [4.69, 9.17) is 0 Å². The fourth-order valence-corrected chi connectivity index (χ4v) is 2.02. The van der Waals surface area contributed by atoms with Crippen molar-refractivity contribution in [2.45, 2.75) is 20.0 Å². The molecule has 0 heterocycles. The van der Waals surface area contributed by atoms with Crippen LogP contribution in [0.1, 0.15) is 25.5 Å². The van der Waals surface area contributed by atoms with Crippen LogP contribution in [0, 0.1) is 5.92 Å². The highest BCUT2D eigenvalue weighted by Gasteiger charge is 2.22. The van der Waals surface area contributed by atoms with Crippen LogP contribution in [-0.4, -0.2) is 16.0 Å². The van der Waals surface area contributed by atoms with E-state index in [9.17, 15) is 9.90 Å². The zero-order valence-electron chi connectivity index (χ0n) is 9.01. The summed E-state index contributed by atoms with van der Waals surface area (Å²) in [6.45, 7) is 3.70. The number of thioether (sulfide) groups is 1. The number of hydrogen-bond acceptors (Lipinski definition) is 3.